The van der Waals surface area contributed by atoms with E-state index in [1.165, 1.54) is 64.2 Å². The van der Waals surface area contributed by atoms with Crippen LogP contribution in [0.3, 0.4) is 0 Å². The molecule has 0 radical (unpaired) electrons. The molecule has 5 atom stereocenters. The van der Waals surface area contributed by atoms with E-state index in [9.17, 15) is 0 Å². The van der Waals surface area contributed by atoms with Gasteiger partial charge in [0.1, 0.15) is 0 Å². The van der Waals surface area contributed by atoms with E-state index in [0.29, 0.717) is 0 Å². The Labute approximate surface area is 154 Å². The Morgan fingerprint density at radius 1 is 0.833 bits per heavy atom. The highest BCUT2D eigenvalue weighted by atomic mass is 14.4. The fourth-order valence-electron chi connectivity index (χ4n) is 5.49. The van der Waals surface area contributed by atoms with Gasteiger partial charge >= 0.3 is 0 Å². The summed E-state index contributed by atoms with van der Waals surface area (Å²) in [7, 11) is 0. The summed E-state index contributed by atoms with van der Waals surface area (Å²) in [5.41, 5.74) is 0. The lowest BCUT2D eigenvalue weighted by Gasteiger charge is -2.31. The van der Waals surface area contributed by atoms with Crippen LogP contribution in [0.2, 0.25) is 0 Å². The van der Waals surface area contributed by atoms with Crippen LogP contribution >= 0.6 is 0 Å². The van der Waals surface area contributed by atoms with Crippen LogP contribution in [0, 0.1) is 41.4 Å². The van der Waals surface area contributed by atoms with E-state index in [1.54, 1.807) is 0 Å². The molecule has 0 N–H and O–H groups in total. The minimum Gasteiger partial charge on any atom is -0.0651 e. The van der Waals surface area contributed by atoms with Crippen molar-refractivity contribution in [3.05, 3.63) is 0 Å². The maximum absolute atomic E-state index is 2.50. The molecule has 1 aliphatic rings. The molecule has 0 aromatic rings. The van der Waals surface area contributed by atoms with Gasteiger partial charge in [0.05, 0.1) is 0 Å². The van der Waals surface area contributed by atoms with Crippen molar-refractivity contribution in [3.8, 4) is 0 Å². The van der Waals surface area contributed by atoms with Gasteiger partial charge in [-0.3, -0.25) is 0 Å². The van der Waals surface area contributed by atoms with Crippen LogP contribution in [0.25, 0.3) is 0 Å². The summed E-state index contributed by atoms with van der Waals surface area (Å²) in [6.07, 6.45) is 14.7. The van der Waals surface area contributed by atoms with E-state index < -0.39 is 0 Å². The van der Waals surface area contributed by atoms with Crippen molar-refractivity contribution in [2.75, 3.05) is 0 Å². The van der Waals surface area contributed by atoms with Crippen molar-refractivity contribution in [1.82, 2.24) is 0 Å². The van der Waals surface area contributed by atoms with Gasteiger partial charge in [-0.2, -0.15) is 0 Å². The summed E-state index contributed by atoms with van der Waals surface area (Å²) in [5.74, 6) is 6.69. The van der Waals surface area contributed by atoms with Gasteiger partial charge in [0.2, 0.25) is 0 Å². The SMILES string of the molecule is CCC(C)C(CCCC1CCCC1C(CC)C(C)C)CCC(C)C. The zero-order chi connectivity index (χ0) is 18.1. The van der Waals surface area contributed by atoms with Gasteiger partial charge in [0.15, 0.2) is 0 Å². The average molecular weight is 337 g/mol. The van der Waals surface area contributed by atoms with Gasteiger partial charge < -0.3 is 0 Å². The highest BCUT2D eigenvalue weighted by Gasteiger charge is 2.33. The lowest BCUT2D eigenvalue weighted by molar-refractivity contribution is 0.182. The molecule has 0 saturated heterocycles. The largest absolute Gasteiger partial charge is 0.0651 e. The molecule has 0 amide bonds. The van der Waals surface area contributed by atoms with Gasteiger partial charge in [-0.25, -0.2) is 0 Å². The number of hydrogen-bond donors (Lipinski definition) is 0. The molecular weight excluding hydrogens is 288 g/mol. The zero-order valence-electron chi connectivity index (χ0n) is 18.1. The van der Waals surface area contributed by atoms with Crippen LogP contribution in [0.5, 0.6) is 0 Å². The quantitative estimate of drug-likeness (QED) is 0.336. The molecule has 1 aliphatic carbocycles. The maximum atomic E-state index is 2.50. The minimum absolute atomic E-state index is 0.868. The Kier molecular flexibility index (Phi) is 10.6. The minimum atomic E-state index is 0.868. The van der Waals surface area contributed by atoms with Crippen LogP contribution in [0.4, 0.5) is 0 Å². The molecule has 1 rings (SSSR count). The summed E-state index contributed by atoms with van der Waals surface area (Å²) >= 11 is 0. The molecule has 24 heavy (non-hydrogen) atoms. The van der Waals surface area contributed by atoms with E-state index in [-0.39, 0.29) is 0 Å². The third kappa shape index (κ3) is 7.09. The van der Waals surface area contributed by atoms with Gasteiger partial charge in [-0.15, -0.1) is 0 Å². The average Bonchev–Trinajstić information content (AvgIpc) is 2.98. The first-order valence-electron chi connectivity index (χ1n) is 11.4. The normalized spacial score (nSPS) is 25.4. The predicted octanol–water partition coefficient (Wildman–Crippen LogP) is 8.35. The summed E-state index contributed by atoms with van der Waals surface area (Å²) in [6.45, 7) is 17.0. The topological polar surface area (TPSA) is 0 Å². The summed E-state index contributed by atoms with van der Waals surface area (Å²) < 4.78 is 0. The fourth-order valence-corrected chi connectivity index (χ4v) is 5.49. The Morgan fingerprint density at radius 2 is 1.54 bits per heavy atom. The molecule has 0 bridgehead atoms. The number of hydrogen-bond acceptors (Lipinski definition) is 0. The first-order chi connectivity index (χ1) is 11.4. The van der Waals surface area contributed by atoms with Crippen LogP contribution in [0.15, 0.2) is 0 Å². The van der Waals surface area contributed by atoms with Crippen molar-refractivity contribution >= 4 is 0 Å². The summed E-state index contributed by atoms with van der Waals surface area (Å²) in [6, 6.07) is 0. The summed E-state index contributed by atoms with van der Waals surface area (Å²) in [5, 5.41) is 0. The second kappa shape index (κ2) is 11.6. The molecule has 5 unspecified atom stereocenters. The van der Waals surface area contributed by atoms with Crippen LogP contribution in [-0.4, -0.2) is 0 Å². The fraction of sp³-hybridized carbons (Fsp3) is 1.00. The number of rotatable bonds is 12. The zero-order valence-corrected chi connectivity index (χ0v) is 18.1. The van der Waals surface area contributed by atoms with Gasteiger partial charge in [-0.1, -0.05) is 99.8 Å². The van der Waals surface area contributed by atoms with Gasteiger partial charge in [0, 0.05) is 0 Å². The summed E-state index contributed by atoms with van der Waals surface area (Å²) in [4.78, 5) is 0. The van der Waals surface area contributed by atoms with Crippen molar-refractivity contribution in [2.24, 2.45) is 41.4 Å². The third-order valence-electron chi connectivity index (χ3n) is 7.31. The smallest absolute Gasteiger partial charge is 0.0355 e. The Morgan fingerprint density at radius 3 is 2.08 bits per heavy atom. The predicted molar refractivity (Wildman–Crippen MR) is 110 cm³/mol. The lowest BCUT2D eigenvalue weighted by atomic mass is 9.74. The van der Waals surface area contributed by atoms with Gasteiger partial charge in [0.25, 0.3) is 0 Å². The second-order valence-electron chi connectivity index (χ2n) is 9.72. The monoisotopic (exact) mass is 336 g/mol. The van der Waals surface area contributed by atoms with Crippen LogP contribution in [0.1, 0.15) is 113 Å². The van der Waals surface area contributed by atoms with E-state index in [1.807, 2.05) is 0 Å². The standard InChI is InChI=1S/C24H48/c1-8-20(7)21(17-16-18(3)4)12-10-13-22-14-11-15-24(22)23(9-2)19(5)6/h18-24H,8-17H2,1-7H3. The van der Waals surface area contributed by atoms with Crippen molar-refractivity contribution in [3.63, 3.8) is 0 Å². The Hall–Kier alpha value is 0. The molecule has 0 aromatic carbocycles. The van der Waals surface area contributed by atoms with Gasteiger partial charge in [-0.05, 0) is 54.3 Å². The van der Waals surface area contributed by atoms with Crippen molar-refractivity contribution in [1.29, 1.82) is 0 Å². The molecule has 1 fully saturated rings. The molecule has 144 valence electrons. The van der Waals surface area contributed by atoms with E-state index >= 15 is 0 Å². The molecule has 0 aromatic heterocycles. The van der Waals surface area contributed by atoms with E-state index in [0.717, 1.165) is 41.4 Å². The molecule has 1 saturated carbocycles. The van der Waals surface area contributed by atoms with E-state index in [2.05, 4.69) is 48.5 Å². The highest BCUT2D eigenvalue weighted by molar-refractivity contribution is 4.84. The Bertz CT molecular complexity index is 303. The Balaban J connectivity index is 2.47. The highest BCUT2D eigenvalue weighted by Crippen LogP contribution is 2.44. The van der Waals surface area contributed by atoms with Crippen molar-refractivity contribution in [2.45, 2.75) is 113 Å². The molecule has 0 nitrogen and oxygen atoms in total. The molecule has 0 aliphatic heterocycles. The molecule has 0 heterocycles. The lowest BCUT2D eigenvalue weighted by Crippen LogP contribution is -2.23. The van der Waals surface area contributed by atoms with Crippen LogP contribution in [-0.2, 0) is 0 Å². The molecule has 0 heteroatoms. The second-order valence-corrected chi connectivity index (χ2v) is 9.72. The molecular formula is C24H48. The van der Waals surface area contributed by atoms with Crippen molar-refractivity contribution < 1.29 is 0 Å². The van der Waals surface area contributed by atoms with E-state index in [4.69, 9.17) is 0 Å². The first kappa shape index (κ1) is 22.0. The molecule has 0 spiro atoms. The first-order valence-corrected chi connectivity index (χ1v) is 11.4. The maximum Gasteiger partial charge on any atom is -0.0355 e. The third-order valence-corrected chi connectivity index (χ3v) is 7.31. The van der Waals surface area contributed by atoms with Crippen LogP contribution < -0.4 is 0 Å².